The number of nitrogens with one attached hydrogen (secondary N) is 1. The average molecular weight is 399 g/mol. The van der Waals surface area contributed by atoms with Crippen LogP contribution in [0.5, 0.6) is 0 Å². The summed E-state index contributed by atoms with van der Waals surface area (Å²) >= 11 is 3.56. The predicted molar refractivity (Wildman–Crippen MR) is 95.7 cm³/mol. The summed E-state index contributed by atoms with van der Waals surface area (Å²) in [6.07, 6.45) is 1.37. The number of benzene rings is 1. The molecule has 7 heteroatoms. The van der Waals surface area contributed by atoms with Gasteiger partial charge in [0.2, 0.25) is 5.91 Å². The maximum absolute atomic E-state index is 11.7. The van der Waals surface area contributed by atoms with Crippen molar-refractivity contribution in [3.05, 3.63) is 28.7 Å². The monoisotopic (exact) mass is 397 g/mol. The van der Waals surface area contributed by atoms with Gasteiger partial charge in [0.05, 0.1) is 5.69 Å². The molecule has 120 valence electrons. The molecule has 21 heavy (non-hydrogen) atoms. The van der Waals surface area contributed by atoms with E-state index < -0.39 is 0 Å². The molecule has 1 amide bonds. The van der Waals surface area contributed by atoms with Crippen molar-refractivity contribution in [1.82, 2.24) is 5.32 Å². The van der Waals surface area contributed by atoms with Gasteiger partial charge < -0.3 is 16.0 Å². The maximum atomic E-state index is 11.7. The van der Waals surface area contributed by atoms with E-state index in [-0.39, 0.29) is 42.8 Å². The molecule has 1 aromatic rings. The van der Waals surface area contributed by atoms with Crippen LogP contribution in [0.15, 0.2) is 28.7 Å². The molecule has 1 saturated heterocycles. The molecule has 0 saturated carbocycles. The molecule has 2 atom stereocenters. The number of carbonyl (C=O) groups excluding carboxylic acids is 1. The Morgan fingerprint density at radius 1 is 1.48 bits per heavy atom. The van der Waals surface area contributed by atoms with Gasteiger partial charge in [0, 0.05) is 36.1 Å². The Balaban J connectivity index is 0.00000200. The molecule has 4 nitrogen and oxygen atoms in total. The highest BCUT2D eigenvalue weighted by Gasteiger charge is 2.25. The van der Waals surface area contributed by atoms with E-state index in [1.807, 2.05) is 25.1 Å². The lowest BCUT2D eigenvalue weighted by Gasteiger charge is -2.20. The van der Waals surface area contributed by atoms with E-state index >= 15 is 0 Å². The fraction of sp³-hybridized carbons (Fsp3) is 0.500. The first-order chi connectivity index (χ1) is 9.06. The lowest BCUT2D eigenvalue weighted by Crippen LogP contribution is -2.39. The van der Waals surface area contributed by atoms with Crippen LogP contribution in [0.1, 0.15) is 19.8 Å². The molecule has 0 aliphatic carbocycles. The van der Waals surface area contributed by atoms with E-state index in [0.29, 0.717) is 6.42 Å². The number of anilines is 1. The van der Waals surface area contributed by atoms with Crippen LogP contribution in [0.2, 0.25) is 0 Å². The van der Waals surface area contributed by atoms with Crippen molar-refractivity contribution in [3.8, 4) is 0 Å². The Bertz CT molecular complexity index is 460. The zero-order valence-corrected chi connectivity index (χ0v) is 15.1. The number of para-hydroxylation sites is 1. The number of carbonyl (C=O) groups is 1. The molecule has 0 aromatic heterocycles. The van der Waals surface area contributed by atoms with Crippen molar-refractivity contribution in [2.45, 2.75) is 31.8 Å². The molecular formula is C14H22BrCl2N3O. The van der Waals surface area contributed by atoms with Crippen LogP contribution < -0.4 is 16.0 Å². The van der Waals surface area contributed by atoms with Crippen molar-refractivity contribution in [3.63, 3.8) is 0 Å². The number of nitrogens with two attached hydrogens (primary N) is 1. The minimum atomic E-state index is -0.0826. The van der Waals surface area contributed by atoms with E-state index in [1.54, 1.807) is 0 Å². The van der Waals surface area contributed by atoms with Gasteiger partial charge in [-0.05, 0) is 41.4 Å². The van der Waals surface area contributed by atoms with Crippen molar-refractivity contribution in [2.75, 3.05) is 18.0 Å². The molecule has 0 radical (unpaired) electrons. The van der Waals surface area contributed by atoms with Crippen molar-refractivity contribution in [1.29, 1.82) is 0 Å². The Morgan fingerprint density at radius 2 is 2.14 bits per heavy atom. The third-order valence-corrected chi connectivity index (χ3v) is 3.92. The fourth-order valence-electron chi connectivity index (χ4n) is 2.38. The van der Waals surface area contributed by atoms with Gasteiger partial charge in [-0.1, -0.05) is 12.1 Å². The average Bonchev–Trinajstić information content (AvgIpc) is 2.76. The first-order valence-corrected chi connectivity index (χ1v) is 7.40. The van der Waals surface area contributed by atoms with Crippen LogP contribution in [0, 0.1) is 0 Å². The minimum absolute atomic E-state index is 0. The molecule has 1 aromatic carbocycles. The van der Waals surface area contributed by atoms with Gasteiger partial charge >= 0.3 is 0 Å². The van der Waals surface area contributed by atoms with Gasteiger partial charge in [0.25, 0.3) is 0 Å². The molecule has 2 unspecified atom stereocenters. The number of nitrogens with zero attached hydrogens (tertiary/aromatic N) is 1. The number of rotatable bonds is 4. The van der Waals surface area contributed by atoms with Crippen LogP contribution in [0.3, 0.4) is 0 Å². The maximum Gasteiger partial charge on any atom is 0.221 e. The highest BCUT2D eigenvalue weighted by molar-refractivity contribution is 9.10. The van der Waals surface area contributed by atoms with Crippen molar-refractivity contribution < 1.29 is 4.79 Å². The Hall–Kier alpha value is -0.490. The summed E-state index contributed by atoms with van der Waals surface area (Å²) < 4.78 is 1.09. The molecule has 1 aliphatic heterocycles. The molecule has 0 bridgehead atoms. The lowest BCUT2D eigenvalue weighted by molar-refractivity contribution is -0.121. The van der Waals surface area contributed by atoms with E-state index in [2.05, 4.69) is 32.2 Å². The number of halogens is 3. The Labute approximate surface area is 146 Å². The van der Waals surface area contributed by atoms with Gasteiger partial charge in [0.1, 0.15) is 0 Å². The number of amides is 1. The summed E-state index contributed by atoms with van der Waals surface area (Å²) in [5.74, 6) is 0.0500. The first-order valence-electron chi connectivity index (χ1n) is 6.60. The van der Waals surface area contributed by atoms with Crippen molar-refractivity contribution in [2.24, 2.45) is 5.73 Å². The van der Waals surface area contributed by atoms with E-state index in [1.165, 1.54) is 5.69 Å². The third kappa shape index (κ3) is 6.02. The summed E-state index contributed by atoms with van der Waals surface area (Å²) in [6, 6.07) is 8.31. The van der Waals surface area contributed by atoms with Crippen LogP contribution >= 0.6 is 40.7 Å². The van der Waals surface area contributed by atoms with Gasteiger partial charge in [-0.2, -0.15) is 0 Å². The number of hydrogen-bond acceptors (Lipinski definition) is 3. The molecule has 0 spiro atoms. The van der Waals surface area contributed by atoms with E-state index in [9.17, 15) is 4.79 Å². The SMILES string of the molecule is CC(N)CC(=O)NC1CCN(c2ccccc2Br)C1.Cl.Cl. The third-order valence-electron chi connectivity index (χ3n) is 3.25. The fourth-order valence-corrected chi connectivity index (χ4v) is 2.92. The van der Waals surface area contributed by atoms with E-state index in [4.69, 9.17) is 5.73 Å². The zero-order valence-electron chi connectivity index (χ0n) is 11.9. The molecule has 1 aliphatic rings. The van der Waals surface area contributed by atoms with Gasteiger partial charge in [-0.25, -0.2) is 0 Å². The van der Waals surface area contributed by atoms with Crippen LogP contribution in [-0.2, 0) is 4.79 Å². The summed E-state index contributed by atoms with van der Waals surface area (Å²) in [7, 11) is 0. The topological polar surface area (TPSA) is 58.4 Å². The molecule has 2 rings (SSSR count). The minimum Gasteiger partial charge on any atom is -0.368 e. The predicted octanol–water partition coefficient (Wildman–Crippen LogP) is 2.72. The Morgan fingerprint density at radius 3 is 2.76 bits per heavy atom. The summed E-state index contributed by atoms with van der Waals surface area (Å²) in [6.45, 7) is 3.67. The highest BCUT2D eigenvalue weighted by atomic mass is 79.9. The smallest absolute Gasteiger partial charge is 0.221 e. The first kappa shape index (κ1) is 20.5. The van der Waals surface area contributed by atoms with Crippen LogP contribution in [0.4, 0.5) is 5.69 Å². The second-order valence-electron chi connectivity index (χ2n) is 5.13. The Kier molecular flexibility index (Phi) is 9.29. The van der Waals surface area contributed by atoms with Gasteiger partial charge in [0.15, 0.2) is 0 Å². The molecule has 1 fully saturated rings. The highest BCUT2D eigenvalue weighted by Crippen LogP contribution is 2.28. The summed E-state index contributed by atoms with van der Waals surface area (Å²) in [5.41, 5.74) is 6.81. The summed E-state index contributed by atoms with van der Waals surface area (Å²) in [4.78, 5) is 14.0. The second kappa shape index (κ2) is 9.51. The van der Waals surface area contributed by atoms with Gasteiger partial charge in [-0.15, -0.1) is 24.8 Å². The largest absolute Gasteiger partial charge is 0.368 e. The van der Waals surface area contributed by atoms with E-state index in [0.717, 1.165) is 24.0 Å². The van der Waals surface area contributed by atoms with Crippen molar-refractivity contribution >= 4 is 52.3 Å². The standard InChI is InChI=1S/C14H20BrN3O.2ClH/c1-10(16)8-14(19)17-11-6-7-18(9-11)13-5-3-2-4-12(13)15;;/h2-5,10-11H,6-9,16H2,1H3,(H,17,19);2*1H. The zero-order chi connectivity index (χ0) is 13.8. The van der Waals surface area contributed by atoms with Crippen LogP contribution in [0.25, 0.3) is 0 Å². The quantitative estimate of drug-likeness (QED) is 0.819. The number of hydrogen-bond donors (Lipinski definition) is 2. The normalized spacial score (nSPS) is 18.4. The molecule has 1 heterocycles. The molecular weight excluding hydrogens is 377 g/mol. The second-order valence-corrected chi connectivity index (χ2v) is 5.99. The molecule has 3 N–H and O–H groups in total. The van der Waals surface area contributed by atoms with Gasteiger partial charge in [-0.3, -0.25) is 4.79 Å². The lowest BCUT2D eigenvalue weighted by atomic mass is 10.2. The summed E-state index contributed by atoms with van der Waals surface area (Å²) in [5, 5.41) is 3.05. The van der Waals surface area contributed by atoms with Crippen LogP contribution in [-0.4, -0.2) is 31.1 Å².